The van der Waals surface area contributed by atoms with Crippen LogP contribution in [0.1, 0.15) is 11.1 Å². The van der Waals surface area contributed by atoms with Crippen LogP contribution in [0.25, 0.3) is 0 Å². The lowest BCUT2D eigenvalue weighted by molar-refractivity contribution is -0.112. The third kappa shape index (κ3) is 4.43. The monoisotopic (exact) mass is 320 g/mol. The first-order valence-corrected chi connectivity index (χ1v) is 7.02. The summed E-state index contributed by atoms with van der Waals surface area (Å²) in [6.07, 6.45) is 1.26. The molecule has 1 amide bonds. The van der Waals surface area contributed by atoms with Crippen molar-refractivity contribution in [1.29, 1.82) is 10.5 Å². The number of hydrogen-bond donors (Lipinski definition) is 2. The minimum atomic E-state index is -0.632. The Balaban J connectivity index is 2.03. The fraction of sp³-hybridized carbons (Fsp3) is 0.0556. The van der Waals surface area contributed by atoms with Gasteiger partial charge in [0, 0.05) is 12.7 Å². The maximum atomic E-state index is 13.1. The molecule has 0 saturated carbocycles. The van der Waals surface area contributed by atoms with Crippen molar-refractivity contribution in [3.63, 3.8) is 0 Å². The summed E-state index contributed by atoms with van der Waals surface area (Å²) < 4.78 is 13.1. The second kappa shape index (κ2) is 8.11. The van der Waals surface area contributed by atoms with E-state index in [4.69, 9.17) is 10.5 Å². The highest BCUT2D eigenvalue weighted by molar-refractivity contribution is 6.07. The topological polar surface area (TPSA) is 88.7 Å². The van der Waals surface area contributed by atoms with E-state index in [1.54, 1.807) is 42.5 Å². The smallest absolute Gasteiger partial charge is 0.267 e. The molecule has 24 heavy (non-hydrogen) atoms. The fourth-order valence-electron chi connectivity index (χ4n) is 1.95. The van der Waals surface area contributed by atoms with Crippen molar-refractivity contribution in [2.45, 2.75) is 6.54 Å². The molecule has 0 radical (unpaired) electrons. The molecule has 0 aliphatic carbocycles. The lowest BCUT2D eigenvalue weighted by Crippen LogP contribution is -2.17. The summed E-state index contributed by atoms with van der Waals surface area (Å²) in [5.74, 6) is -0.989. The Morgan fingerprint density at radius 2 is 1.96 bits per heavy atom. The number of nitrogens with one attached hydrogen (secondary N) is 2. The molecule has 0 fully saturated rings. The minimum Gasteiger partial charge on any atom is -0.386 e. The van der Waals surface area contributed by atoms with Crippen LogP contribution in [-0.2, 0) is 11.3 Å². The van der Waals surface area contributed by atoms with Gasteiger partial charge in [-0.3, -0.25) is 4.79 Å². The number of nitrogens with zero attached hydrogens (tertiary/aromatic N) is 2. The maximum Gasteiger partial charge on any atom is 0.267 e. The van der Waals surface area contributed by atoms with E-state index in [0.29, 0.717) is 16.8 Å². The lowest BCUT2D eigenvalue weighted by atomic mass is 10.2. The van der Waals surface area contributed by atoms with Crippen LogP contribution < -0.4 is 10.6 Å². The van der Waals surface area contributed by atoms with Gasteiger partial charge in [0.25, 0.3) is 5.91 Å². The third-order valence-corrected chi connectivity index (χ3v) is 3.10. The average molecular weight is 320 g/mol. The number of para-hydroxylation sites is 1. The van der Waals surface area contributed by atoms with Crippen LogP contribution in [0.3, 0.4) is 0 Å². The summed E-state index contributed by atoms with van der Waals surface area (Å²) in [4.78, 5) is 12.1. The number of carbonyl (C=O) groups is 1. The van der Waals surface area contributed by atoms with Gasteiger partial charge in [0.1, 0.15) is 23.5 Å². The highest BCUT2D eigenvalue weighted by Crippen LogP contribution is 2.14. The molecule has 0 aliphatic heterocycles. The summed E-state index contributed by atoms with van der Waals surface area (Å²) >= 11 is 0. The third-order valence-electron chi connectivity index (χ3n) is 3.10. The van der Waals surface area contributed by atoms with Crippen LogP contribution in [0, 0.1) is 28.5 Å². The van der Waals surface area contributed by atoms with E-state index < -0.39 is 5.91 Å². The zero-order valence-electron chi connectivity index (χ0n) is 12.6. The van der Waals surface area contributed by atoms with Gasteiger partial charge in [-0.2, -0.15) is 10.5 Å². The van der Waals surface area contributed by atoms with Gasteiger partial charge in [-0.05, 0) is 29.8 Å². The van der Waals surface area contributed by atoms with Crippen LogP contribution in [0.2, 0.25) is 0 Å². The highest BCUT2D eigenvalue weighted by atomic mass is 19.1. The van der Waals surface area contributed by atoms with Gasteiger partial charge in [-0.1, -0.05) is 24.3 Å². The standard InChI is InChI=1S/C18H13FN4O/c19-16-6-3-4-13(8-16)11-22-12-15(10-21)18(24)23-17-7-2-1-5-14(17)9-20/h1-8,12,22H,11H2,(H,23,24)/b15-12-. The molecular formula is C18H13FN4O. The van der Waals surface area contributed by atoms with Crippen molar-refractivity contribution in [1.82, 2.24) is 5.32 Å². The zero-order valence-corrected chi connectivity index (χ0v) is 12.6. The molecule has 2 rings (SSSR count). The van der Waals surface area contributed by atoms with Gasteiger partial charge in [-0.25, -0.2) is 4.39 Å². The summed E-state index contributed by atoms with van der Waals surface area (Å²) in [5.41, 5.74) is 1.16. The molecule has 6 heteroatoms. The second-order valence-corrected chi connectivity index (χ2v) is 4.79. The van der Waals surface area contributed by atoms with Crippen LogP contribution in [-0.4, -0.2) is 5.91 Å². The van der Waals surface area contributed by atoms with Crippen LogP contribution in [0.4, 0.5) is 10.1 Å². The average Bonchev–Trinajstić information content (AvgIpc) is 2.59. The molecule has 2 aromatic carbocycles. The van der Waals surface area contributed by atoms with Crippen molar-refractivity contribution in [2.24, 2.45) is 0 Å². The molecule has 0 aliphatic rings. The molecule has 2 aromatic rings. The van der Waals surface area contributed by atoms with E-state index in [2.05, 4.69) is 10.6 Å². The van der Waals surface area contributed by atoms with Crippen LogP contribution >= 0.6 is 0 Å². The van der Waals surface area contributed by atoms with Crippen molar-refractivity contribution >= 4 is 11.6 Å². The summed E-state index contributed by atoms with van der Waals surface area (Å²) in [7, 11) is 0. The Morgan fingerprint density at radius 1 is 1.17 bits per heavy atom. The quantitative estimate of drug-likeness (QED) is 0.655. The second-order valence-electron chi connectivity index (χ2n) is 4.79. The minimum absolute atomic E-state index is 0.154. The molecule has 0 saturated heterocycles. The lowest BCUT2D eigenvalue weighted by Gasteiger charge is -2.06. The van der Waals surface area contributed by atoms with E-state index in [0.717, 1.165) is 0 Å². The van der Waals surface area contributed by atoms with Crippen LogP contribution in [0.5, 0.6) is 0 Å². The largest absolute Gasteiger partial charge is 0.386 e. The highest BCUT2D eigenvalue weighted by Gasteiger charge is 2.11. The Labute approximate surface area is 138 Å². The van der Waals surface area contributed by atoms with Gasteiger partial charge in [0.15, 0.2) is 0 Å². The number of nitriles is 2. The van der Waals surface area contributed by atoms with E-state index in [9.17, 15) is 9.18 Å². The summed E-state index contributed by atoms with van der Waals surface area (Å²) in [6.45, 7) is 0.269. The SMILES string of the molecule is N#C/C(=C/NCc1cccc(F)c1)C(=O)Nc1ccccc1C#N. The van der Waals surface area contributed by atoms with E-state index in [1.807, 2.05) is 6.07 Å². The molecule has 0 bridgehead atoms. The van der Waals surface area contributed by atoms with E-state index in [1.165, 1.54) is 18.3 Å². The molecule has 0 spiro atoms. The number of hydrogen-bond acceptors (Lipinski definition) is 4. The number of benzene rings is 2. The Kier molecular flexibility index (Phi) is 5.65. The number of carbonyl (C=O) groups excluding carboxylic acids is 1. The van der Waals surface area contributed by atoms with Crippen molar-refractivity contribution in [3.05, 3.63) is 77.2 Å². The Morgan fingerprint density at radius 3 is 2.67 bits per heavy atom. The molecule has 118 valence electrons. The number of rotatable bonds is 5. The van der Waals surface area contributed by atoms with Crippen LogP contribution in [0.15, 0.2) is 60.3 Å². The predicted octanol–water partition coefficient (Wildman–Crippen LogP) is 2.83. The first-order valence-electron chi connectivity index (χ1n) is 7.02. The van der Waals surface area contributed by atoms with Gasteiger partial charge in [0.05, 0.1) is 11.3 Å². The summed E-state index contributed by atoms with van der Waals surface area (Å²) in [6, 6.07) is 16.2. The van der Waals surface area contributed by atoms with Crippen molar-refractivity contribution < 1.29 is 9.18 Å². The Hall–Kier alpha value is -3.64. The predicted molar refractivity (Wildman–Crippen MR) is 86.7 cm³/mol. The summed E-state index contributed by atoms with van der Waals surface area (Å²) in [5, 5.41) is 23.4. The molecule has 0 unspecified atom stereocenters. The molecule has 0 aromatic heterocycles. The number of amides is 1. The van der Waals surface area contributed by atoms with E-state index in [-0.39, 0.29) is 17.9 Å². The number of anilines is 1. The first-order chi connectivity index (χ1) is 11.6. The number of halogens is 1. The molecule has 2 N–H and O–H groups in total. The van der Waals surface area contributed by atoms with E-state index >= 15 is 0 Å². The molecule has 0 heterocycles. The van der Waals surface area contributed by atoms with Gasteiger partial charge in [-0.15, -0.1) is 0 Å². The molecular weight excluding hydrogens is 307 g/mol. The van der Waals surface area contributed by atoms with Gasteiger partial charge < -0.3 is 10.6 Å². The van der Waals surface area contributed by atoms with Crippen molar-refractivity contribution in [3.8, 4) is 12.1 Å². The van der Waals surface area contributed by atoms with Crippen molar-refractivity contribution in [2.75, 3.05) is 5.32 Å². The normalized spacial score (nSPS) is 10.4. The molecule has 5 nitrogen and oxygen atoms in total. The maximum absolute atomic E-state index is 13.1. The fourth-order valence-corrected chi connectivity index (χ4v) is 1.95. The first kappa shape index (κ1) is 16.7. The molecule has 0 atom stereocenters. The zero-order chi connectivity index (χ0) is 17.4. The Bertz CT molecular complexity index is 862. The van der Waals surface area contributed by atoms with Gasteiger partial charge in [0.2, 0.25) is 0 Å². The van der Waals surface area contributed by atoms with Gasteiger partial charge >= 0.3 is 0 Å².